The van der Waals surface area contributed by atoms with E-state index in [1.807, 2.05) is 27.7 Å². The van der Waals surface area contributed by atoms with Crippen LogP contribution in [0.1, 0.15) is 47.0 Å². The average molecular weight is 326 g/mol. The Labute approximate surface area is 138 Å². The Kier molecular flexibility index (Phi) is 6.84. The number of amidine groups is 1. The van der Waals surface area contributed by atoms with E-state index in [2.05, 4.69) is 4.99 Å². The minimum absolute atomic E-state index is 0.0602. The van der Waals surface area contributed by atoms with Crippen LogP contribution in [0.2, 0.25) is 0 Å². The molecule has 0 bridgehead atoms. The maximum atomic E-state index is 12.2. The molecule has 0 spiro atoms. The molecule has 132 valence electrons. The Morgan fingerprint density at radius 2 is 2.13 bits per heavy atom. The maximum Gasteiger partial charge on any atom is 0.410 e. The smallest absolute Gasteiger partial charge is 0.410 e. The largest absolute Gasteiger partial charge is 0.484 e. The van der Waals surface area contributed by atoms with Crippen molar-refractivity contribution in [3.63, 3.8) is 0 Å². The van der Waals surface area contributed by atoms with E-state index in [0.717, 1.165) is 12.8 Å². The summed E-state index contributed by atoms with van der Waals surface area (Å²) in [5.74, 6) is 0.209. The molecule has 1 heterocycles. The monoisotopic (exact) mass is 326 g/mol. The zero-order valence-electron chi connectivity index (χ0n) is 14.9. The fourth-order valence-electron chi connectivity index (χ4n) is 2.52. The van der Waals surface area contributed by atoms with Crippen LogP contribution in [0.15, 0.2) is 4.99 Å². The van der Waals surface area contributed by atoms with Crippen LogP contribution >= 0.6 is 0 Å². The van der Waals surface area contributed by atoms with Crippen molar-refractivity contribution in [2.75, 3.05) is 20.2 Å². The SMILES string of the molecule is CCC(C(=N)OC)C(N)=NC1CCCN(C(=O)OC(C)(C)C)C1. The summed E-state index contributed by atoms with van der Waals surface area (Å²) in [5, 5.41) is 7.78. The van der Waals surface area contributed by atoms with E-state index < -0.39 is 5.60 Å². The third-order valence-corrected chi connectivity index (χ3v) is 3.68. The van der Waals surface area contributed by atoms with Crippen molar-refractivity contribution in [2.24, 2.45) is 16.6 Å². The van der Waals surface area contributed by atoms with Gasteiger partial charge in [0.15, 0.2) is 5.90 Å². The highest BCUT2D eigenvalue weighted by atomic mass is 16.6. The van der Waals surface area contributed by atoms with E-state index in [9.17, 15) is 4.79 Å². The molecular formula is C16H30N4O3. The van der Waals surface area contributed by atoms with Crippen LogP contribution in [0.5, 0.6) is 0 Å². The number of amides is 1. The molecule has 23 heavy (non-hydrogen) atoms. The molecule has 1 rings (SSSR count). The van der Waals surface area contributed by atoms with Gasteiger partial charge in [0.1, 0.15) is 11.4 Å². The van der Waals surface area contributed by atoms with Gasteiger partial charge in [0.2, 0.25) is 0 Å². The van der Waals surface area contributed by atoms with Crippen molar-refractivity contribution in [3.05, 3.63) is 0 Å². The number of methoxy groups -OCH3 is 1. The molecule has 2 unspecified atom stereocenters. The van der Waals surface area contributed by atoms with Crippen molar-refractivity contribution in [1.29, 1.82) is 5.41 Å². The first kappa shape index (κ1) is 19.3. The lowest BCUT2D eigenvalue weighted by molar-refractivity contribution is 0.0201. The van der Waals surface area contributed by atoms with Gasteiger partial charge in [-0.15, -0.1) is 0 Å². The van der Waals surface area contributed by atoms with Crippen LogP contribution in [-0.4, -0.2) is 54.6 Å². The van der Waals surface area contributed by atoms with Crippen molar-refractivity contribution < 1.29 is 14.3 Å². The van der Waals surface area contributed by atoms with E-state index >= 15 is 0 Å². The van der Waals surface area contributed by atoms with Gasteiger partial charge in [-0.2, -0.15) is 0 Å². The van der Waals surface area contributed by atoms with Crippen molar-refractivity contribution >= 4 is 17.8 Å². The van der Waals surface area contributed by atoms with E-state index in [-0.39, 0.29) is 24.0 Å². The third-order valence-electron chi connectivity index (χ3n) is 3.68. The second kappa shape index (κ2) is 8.17. The van der Waals surface area contributed by atoms with E-state index in [4.69, 9.17) is 20.6 Å². The molecule has 7 heteroatoms. The number of nitrogens with two attached hydrogens (primary N) is 1. The van der Waals surface area contributed by atoms with Crippen LogP contribution < -0.4 is 5.73 Å². The van der Waals surface area contributed by atoms with Crippen LogP contribution in [0, 0.1) is 11.3 Å². The second-order valence-corrected chi connectivity index (χ2v) is 6.81. The molecule has 1 amide bonds. The van der Waals surface area contributed by atoms with Gasteiger partial charge in [0, 0.05) is 13.1 Å². The average Bonchev–Trinajstić information content (AvgIpc) is 2.46. The number of aliphatic imine (C=N–C) groups is 1. The lowest BCUT2D eigenvalue weighted by Gasteiger charge is -2.33. The molecule has 0 aromatic rings. The molecule has 1 aliphatic heterocycles. The predicted octanol–water partition coefficient (Wildman–Crippen LogP) is 2.39. The summed E-state index contributed by atoms with van der Waals surface area (Å²) in [5.41, 5.74) is 5.55. The summed E-state index contributed by atoms with van der Waals surface area (Å²) in [6.45, 7) is 8.66. The fraction of sp³-hybridized carbons (Fsp3) is 0.812. The van der Waals surface area contributed by atoms with Crippen LogP contribution in [0.3, 0.4) is 0 Å². The molecule has 0 aromatic heterocycles. The first-order valence-corrected chi connectivity index (χ1v) is 8.11. The summed E-state index contributed by atoms with van der Waals surface area (Å²) in [4.78, 5) is 18.4. The third kappa shape index (κ3) is 6.08. The molecule has 0 aliphatic carbocycles. The molecular weight excluding hydrogens is 296 g/mol. The van der Waals surface area contributed by atoms with Gasteiger partial charge in [-0.3, -0.25) is 10.4 Å². The van der Waals surface area contributed by atoms with Crippen molar-refractivity contribution in [2.45, 2.75) is 58.6 Å². The quantitative estimate of drug-likeness (QED) is 0.612. The maximum absolute atomic E-state index is 12.2. The summed E-state index contributed by atoms with van der Waals surface area (Å²) >= 11 is 0. The van der Waals surface area contributed by atoms with Crippen molar-refractivity contribution in [1.82, 2.24) is 4.90 Å². The van der Waals surface area contributed by atoms with Gasteiger partial charge in [0.05, 0.1) is 19.1 Å². The van der Waals surface area contributed by atoms with Gasteiger partial charge in [-0.25, -0.2) is 4.79 Å². The number of nitrogens with zero attached hydrogens (tertiary/aromatic N) is 2. The van der Waals surface area contributed by atoms with E-state index in [1.165, 1.54) is 7.11 Å². The predicted molar refractivity (Wildman–Crippen MR) is 91.0 cm³/mol. The van der Waals surface area contributed by atoms with Gasteiger partial charge in [0.25, 0.3) is 0 Å². The molecule has 0 radical (unpaired) electrons. The zero-order valence-corrected chi connectivity index (χ0v) is 14.9. The molecule has 2 atom stereocenters. The zero-order chi connectivity index (χ0) is 17.6. The number of carbonyl (C=O) groups excluding carboxylic acids is 1. The number of ether oxygens (including phenoxy) is 2. The number of hydrogen-bond acceptors (Lipinski definition) is 5. The summed E-state index contributed by atoms with van der Waals surface area (Å²) in [7, 11) is 1.46. The van der Waals surface area contributed by atoms with Crippen LogP contribution in [-0.2, 0) is 9.47 Å². The lowest BCUT2D eigenvalue weighted by atomic mass is 10.0. The van der Waals surface area contributed by atoms with E-state index in [1.54, 1.807) is 4.90 Å². The Bertz CT molecular complexity index is 457. The molecule has 1 aliphatic rings. The minimum atomic E-state index is -0.507. The van der Waals surface area contributed by atoms with Gasteiger partial charge < -0.3 is 20.1 Å². The number of carbonyl (C=O) groups is 1. The highest BCUT2D eigenvalue weighted by Crippen LogP contribution is 2.18. The molecule has 7 nitrogen and oxygen atoms in total. The summed E-state index contributed by atoms with van der Waals surface area (Å²) < 4.78 is 10.4. The second-order valence-electron chi connectivity index (χ2n) is 6.81. The number of piperidine rings is 1. The molecule has 1 saturated heterocycles. The lowest BCUT2D eigenvalue weighted by Crippen LogP contribution is -2.45. The van der Waals surface area contributed by atoms with Crippen LogP contribution in [0.4, 0.5) is 4.79 Å². The summed E-state index contributed by atoms with van der Waals surface area (Å²) in [6.07, 6.45) is 2.08. The number of rotatable bonds is 4. The number of likely N-dealkylation sites (tertiary alicyclic amines) is 1. The first-order chi connectivity index (χ1) is 10.7. The standard InChI is InChI=1S/C16H30N4O3/c1-6-12(14(18)22-5)13(17)19-11-8-7-9-20(10-11)15(21)23-16(2,3)4/h11-12,18H,6-10H2,1-5H3,(H2,17,19). The number of nitrogens with one attached hydrogen (secondary N) is 1. The first-order valence-electron chi connectivity index (χ1n) is 8.11. The van der Waals surface area contributed by atoms with E-state index in [0.29, 0.717) is 25.3 Å². The van der Waals surface area contributed by atoms with Crippen molar-refractivity contribution in [3.8, 4) is 0 Å². The molecule has 0 aromatic carbocycles. The summed E-state index contributed by atoms with van der Waals surface area (Å²) in [6, 6.07) is -0.0602. The molecule has 3 N–H and O–H groups in total. The Balaban J connectivity index is 2.72. The Morgan fingerprint density at radius 3 is 2.65 bits per heavy atom. The molecule has 1 fully saturated rings. The minimum Gasteiger partial charge on any atom is -0.484 e. The van der Waals surface area contributed by atoms with Gasteiger partial charge in [-0.05, 0) is 40.0 Å². The fourth-order valence-corrected chi connectivity index (χ4v) is 2.52. The van der Waals surface area contributed by atoms with Gasteiger partial charge >= 0.3 is 6.09 Å². The molecule has 0 saturated carbocycles. The Hall–Kier alpha value is -1.79. The Morgan fingerprint density at radius 1 is 1.48 bits per heavy atom. The van der Waals surface area contributed by atoms with Gasteiger partial charge in [-0.1, -0.05) is 6.92 Å². The highest BCUT2D eigenvalue weighted by molar-refractivity contribution is 6.01. The normalized spacial score (nSPS) is 20.8. The highest BCUT2D eigenvalue weighted by Gasteiger charge is 2.28. The number of hydrogen-bond donors (Lipinski definition) is 2. The topological polar surface area (TPSA) is 101 Å². The van der Waals surface area contributed by atoms with Crippen LogP contribution in [0.25, 0.3) is 0 Å².